The molecule has 1 aliphatic heterocycles. The summed E-state index contributed by atoms with van der Waals surface area (Å²) in [4.78, 5) is 39.8. The Morgan fingerprint density at radius 1 is 1.04 bits per heavy atom. The first kappa shape index (κ1) is 16.5. The molecule has 0 bridgehead atoms. The summed E-state index contributed by atoms with van der Waals surface area (Å²) >= 11 is 0. The first-order chi connectivity index (χ1) is 11.5. The van der Waals surface area contributed by atoms with Crippen LogP contribution >= 0.6 is 0 Å². The topological polar surface area (TPSA) is 69.7 Å². The van der Waals surface area contributed by atoms with Crippen molar-refractivity contribution in [1.29, 1.82) is 0 Å². The van der Waals surface area contributed by atoms with E-state index in [1.807, 2.05) is 4.90 Å². The van der Waals surface area contributed by atoms with Gasteiger partial charge in [-0.25, -0.2) is 0 Å². The minimum absolute atomic E-state index is 0.0528. The van der Waals surface area contributed by atoms with Gasteiger partial charge in [-0.05, 0) is 37.5 Å². The van der Waals surface area contributed by atoms with Gasteiger partial charge in [-0.1, -0.05) is 6.07 Å². The molecule has 6 nitrogen and oxygen atoms in total. The fourth-order valence-electron chi connectivity index (χ4n) is 3.05. The average Bonchev–Trinajstić information content (AvgIpc) is 3.39. The molecule has 0 unspecified atom stereocenters. The first-order valence-corrected chi connectivity index (χ1v) is 8.50. The summed E-state index contributed by atoms with van der Waals surface area (Å²) in [5.74, 6) is 0.255. The Labute approximate surface area is 141 Å². The van der Waals surface area contributed by atoms with Gasteiger partial charge >= 0.3 is 0 Å². The van der Waals surface area contributed by atoms with Crippen LogP contribution in [0.1, 0.15) is 36.5 Å². The van der Waals surface area contributed by atoms with Gasteiger partial charge in [0.15, 0.2) is 0 Å². The monoisotopic (exact) mass is 329 g/mol. The molecule has 3 amide bonds. The van der Waals surface area contributed by atoms with Gasteiger partial charge < -0.3 is 15.1 Å². The molecular weight excluding hydrogens is 306 g/mol. The van der Waals surface area contributed by atoms with E-state index >= 15 is 0 Å². The van der Waals surface area contributed by atoms with E-state index in [0.717, 1.165) is 25.8 Å². The first-order valence-electron chi connectivity index (χ1n) is 8.50. The van der Waals surface area contributed by atoms with Crippen molar-refractivity contribution in [2.75, 3.05) is 31.5 Å². The highest BCUT2D eigenvalue weighted by atomic mass is 16.2. The average molecular weight is 329 g/mol. The van der Waals surface area contributed by atoms with Crippen LogP contribution in [0.2, 0.25) is 0 Å². The minimum atomic E-state index is -0.163. The van der Waals surface area contributed by atoms with Crippen LogP contribution in [0, 0.1) is 5.92 Å². The van der Waals surface area contributed by atoms with Crippen molar-refractivity contribution in [3.8, 4) is 0 Å². The Morgan fingerprint density at radius 2 is 1.75 bits per heavy atom. The Balaban J connectivity index is 1.64. The van der Waals surface area contributed by atoms with E-state index in [9.17, 15) is 14.4 Å². The Kier molecular flexibility index (Phi) is 4.83. The van der Waals surface area contributed by atoms with Crippen molar-refractivity contribution in [3.05, 3.63) is 29.8 Å². The summed E-state index contributed by atoms with van der Waals surface area (Å²) in [7, 11) is 0. The van der Waals surface area contributed by atoms with Crippen molar-refractivity contribution >= 4 is 23.4 Å². The Morgan fingerprint density at radius 3 is 2.46 bits per heavy atom. The van der Waals surface area contributed by atoms with Crippen LogP contribution < -0.4 is 5.32 Å². The lowest BCUT2D eigenvalue weighted by atomic mass is 10.1. The van der Waals surface area contributed by atoms with Gasteiger partial charge in [0.2, 0.25) is 11.8 Å². The van der Waals surface area contributed by atoms with Crippen LogP contribution in [-0.4, -0.2) is 53.7 Å². The number of hydrogen-bond acceptors (Lipinski definition) is 3. The van der Waals surface area contributed by atoms with Gasteiger partial charge in [-0.15, -0.1) is 0 Å². The van der Waals surface area contributed by atoms with Crippen molar-refractivity contribution in [3.63, 3.8) is 0 Å². The summed E-state index contributed by atoms with van der Waals surface area (Å²) in [6.45, 7) is 3.98. The second kappa shape index (κ2) is 7.03. The lowest BCUT2D eigenvalue weighted by Gasteiger charge is -2.22. The SMILES string of the molecule is CC(=O)Nc1cccc(C(=O)N2CCCN(C(=O)C3CC3)CC2)c1. The number of benzene rings is 1. The van der Waals surface area contributed by atoms with Gasteiger partial charge in [-0.2, -0.15) is 0 Å². The summed E-state index contributed by atoms with van der Waals surface area (Å²) in [5, 5.41) is 2.69. The highest BCUT2D eigenvalue weighted by molar-refractivity contribution is 5.96. The van der Waals surface area contributed by atoms with Crippen molar-refractivity contribution in [1.82, 2.24) is 9.80 Å². The Hall–Kier alpha value is -2.37. The molecule has 0 aromatic heterocycles. The molecule has 1 aromatic carbocycles. The smallest absolute Gasteiger partial charge is 0.253 e. The molecule has 0 radical (unpaired) electrons. The number of nitrogens with one attached hydrogen (secondary N) is 1. The quantitative estimate of drug-likeness (QED) is 0.918. The molecule has 0 atom stereocenters. The predicted molar refractivity (Wildman–Crippen MR) is 90.6 cm³/mol. The maximum atomic E-state index is 12.7. The Bertz CT molecular complexity index is 655. The van der Waals surface area contributed by atoms with E-state index in [4.69, 9.17) is 0 Å². The number of carbonyl (C=O) groups is 3. The number of nitrogens with zero attached hydrogens (tertiary/aromatic N) is 2. The van der Waals surface area contributed by atoms with E-state index in [2.05, 4.69) is 5.32 Å². The molecular formula is C18H23N3O3. The third-order valence-corrected chi connectivity index (χ3v) is 4.45. The molecule has 1 aromatic rings. The standard InChI is InChI=1S/C18H23N3O3/c1-13(22)19-16-5-2-4-15(12-16)18(24)21-9-3-8-20(10-11-21)17(23)14-6-7-14/h2,4-5,12,14H,3,6-11H2,1H3,(H,19,22). The van der Waals surface area contributed by atoms with Crippen molar-refractivity contribution in [2.45, 2.75) is 26.2 Å². The molecule has 1 aliphatic carbocycles. The minimum Gasteiger partial charge on any atom is -0.341 e. The van der Waals surface area contributed by atoms with E-state index in [-0.39, 0.29) is 23.6 Å². The predicted octanol–water partition coefficient (Wildman–Crippen LogP) is 1.73. The third kappa shape index (κ3) is 3.93. The van der Waals surface area contributed by atoms with E-state index in [0.29, 0.717) is 30.9 Å². The largest absolute Gasteiger partial charge is 0.341 e. The zero-order chi connectivity index (χ0) is 17.1. The highest BCUT2D eigenvalue weighted by Crippen LogP contribution is 2.31. The maximum Gasteiger partial charge on any atom is 0.253 e. The van der Waals surface area contributed by atoms with E-state index in [1.165, 1.54) is 6.92 Å². The second-order valence-electron chi connectivity index (χ2n) is 6.51. The van der Waals surface area contributed by atoms with Crippen LogP contribution in [0.25, 0.3) is 0 Å². The lowest BCUT2D eigenvalue weighted by Crippen LogP contribution is -2.38. The highest BCUT2D eigenvalue weighted by Gasteiger charge is 2.34. The number of rotatable bonds is 3. The fraction of sp³-hybridized carbons (Fsp3) is 0.500. The fourth-order valence-corrected chi connectivity index (χ4v) is 3.05. The summed E-state index contributed by atoms with van der Waals surface area (Å²) < 4.78 is 0. The summed E-state index contributed by atoms with van der Waals surface area (Å²) in [6.07, 6.45) is 2.82. The van der Waals surface area contributed by atoms with Gasteiger partial charge in [0.25, 0.3) is 5.91 Å². The molecule has 0 spiro atoms. The maximum absolute atomic E-state index is 12.7. The number of carbonyl (C=O) groups excluding carboxylic acids is 3. The van der Waals surface area contributed by atoms with Crippen LogP contribution in [-0.2, 0) is 9.59 Å². The van der Waals surface area contributed by atoms with Gasteiger partial charge in [0, 0.05) is 50.3 Å². The summed E-state index contributed by atoms with van der Waals surface area (Å²) in [6, 6.07) is 6.98. The molecule has 3 rings (SSSR count). The van der Waals surface area contributed by atoms with Gasteiger partial charge in [-0.3, -0.25) is 14.4 Å². The van der Waals surface area contributed by atoms with E-state index in [1.54, 1.807) is 29.2 Å². The summed E-state index contributed by atoms with van der Waals surface area (Å²) in [5.41, 5.74) is 1.18. The van der Waals surface area contributed by atoms with Crippen molar-refractivity contribution in [2.24, 2.45) is 5.92 Å². The van der Waals surface area contributed by atoms with Gasteiger partial charge in [0.1, 0.15) is 0 Å². The lowest BCUT2D eigenvalue weighted by molar-refractivity contribution is -0.132. The molecule has 6 heteroatoms. The third-order valence-electron chi connectivity index (χ3n) is 4.45. The molecule has 2 aliphatic rings. The molecule has 24 heavy (non-hydrogen) atoms. The zero-order valence-corrected chi connectivity index (χ0v) is 14.0. The van der Waals surface area contributed by atoms with E-state index < -0.39 is 0 Å². The number of amides is 3. The van der Waals surface area contributed by atoms with Crippen LogP contribution in [0.4, 0.5) is 5.69 Å². The van der Waals surface area contributed by atoms with Crippen molar-refractivity contribution < 1.29 is 14.4 Å². The second-order valence-corrected chi connectivity index (χ2v) is 6.51. The molecule has 1 heterocycles. The van der Waals surface area contributed by atoms with Crippen LogP contribution in [0.15, 0.2) is 24.3 Å². The number of anilines is 1. The number of hydrogen-bond donors (Lipinski definition) is 1. The normalized spacial score (nSPS) is 18.0. The molecule has 1 saturated heterocycles. The van der Waals surface area contributed by atoms with Gasteiger partial charge in [0.05, 0.1) is 0 Å². The van der Waals surface area contributed by atoms with Crippen LogP contribution in [0.5, 0.6) is 0 Å². The zero-order valence-electron chi connectivity index (χ0n) is 14.0. The molecule has 128 valence electrons. The molecule has 1 saturated carbocycles. The molecule has 1 N–H and O–H groups in total. The van der Waals surface area contributed by atoms with Crippen LogP contribution in [0.3, 0.4) is 0 Å². The molecule has 2 fully saturated rings.